The van der Waals surface area contributed by atoms with Crippen LogP contribution < -0.4 is 5.73 Å². The fourth-order valence-electron chi connectivity index (χ4n) is 1.54. The van der Waals surface area contributed by atoms with Crippen LogP contribution in [0, 0.1) is 5.82 Å². The highest BCUT2D eigenvalue weighted by Gasteiger charge is 2.01. The molecule has 0 atom stereocenters. The average molecular weight is 252 g/mol. The molecule has 0 radical (unpaired) electrons. The number of anilines is 1. The number of halogens is 2. The van der Waals surface area contributed by atoms with Crippen molar-refractivity contribution in [3.8, 4) is 0 Å². The van der Waals surface area contributed by atoms with Crippen LogP contribution in [0.3, 0.4) is 0 Å². The fraction of sp³-hybridized carbons (Fsp3) is 0.167. The van der Waals surface area contributed by atoms with Gasteiger partial charge in [0.15, 0.2) is 0 Å². The van der Waals surface area contributed by atoms with E-state index in [1.165, 1.54) is 12.1 Å². The predicted molar refractivity (Wildman–Crippen MR) is 65.3 cm³/mol. The number of hydrogen-bond acceptors (Lipinski definition) is 3. The summed E-state index contributed by atoms with van der Waals surface area (Å²) in [5.41, 5.74) is 7.32. The normalized spacial score (nSPS) is 10.5. The van der Waals surface area contributed by atoms with E-state index in [1.807, 2.05) is 0 Å². The van der Waals surface area contributed by atoms with E-state index in [4.69, 9.17) is 17.3 Å². The van der Waals surface area contributed by atoms with E-state index in [0.29, 0.717) is 11.6 Å². The highest BCUT2D eigenvalue weighted by atomic mass is 35.5. The Morgan fingerprint density at radius 2 is 1.82 bits per heavy atom. The SMILES string of the molecule is Nc1nc(Cl)cc(CCc2ccc(F)cc2)n1. The van der Waals surface area contributed by atoms with Gasteiger partial charge in [-0.05, 0) is 36.6 Å². The van der Waals surface area contributed by atoms with E-state index in [1.54, 1.807) is 18.2 Å². The van der Waals surface area contributed by atoms with E-state index in [2.05, 4.69) is 9.97 Å². The lowest BCUT2D eigenvalue weighted by molar-refractivity contribution is 0.627. The van der Waals surface area contributed by atoms with Crippen LogP contribution in [0.4, 0.5) is 10.3 Å². The molecule has 2 rings (SSSR count). The van der Waals surface area contributed by atoms with Crippen LogP contribution >= 0.6 is 11.6 Å². The van der Waals surface area contributed by atoms with Crippen LogP contribution in [0.25, 0.3) is 0 Å². The monoisotopic (exact) mass is 251 g/mol. The van der Waals surface area contributed by atoms with E-state index in [0.717, 1.165) is 17.7 Å². The van der Waals surface area contributed by atoms with Crippen LogP contribution in [0.5, 0.6) is 0 Å². The molecule has 0 spiro atoms. The van der Waals surface area contributed by atoms with Crippen molar-refractivity contribution in [1.82, 2.24) is 9.97 Å². The van der Waals surface area contributed by atoms with Crippen molar-refractivity contribution < 1.29 is 4.39 Å². The number of benzene rings is 1. The number of nitrogens with two attached hydrogens (primary N) is 1. The second kappa shape index (κ2) is 5.10. The van der Waals surface area contributed by atoms with Gasteiger partial charge in [0.1, 0.15) is 11.0 Å². The average Bonchev–Trinajstić information content (AvgIpc) is 2.27. The minimum atomic E-state index is -0.233. The molecule has 17 heavy (non-hydrogen) atoms. The quantitative estimate of drug-likeness (QED) is 0.854. The second-order valence-corrected chi connectivity index (χ2v) is 4.05. The summed E-state index contributed by atoms with van der Waals surface area (Å²) in [5.74, 6) is -0.0605. The molecule has 5 heteroatoms. The van der Waals surface area contributed by atoms with Gasteiger partial charge in [-0.3, -0.25) is 0 Å². The number of rotatable bonds is 3. The van der Waals surface area contributed by atoms with Gasteiger partial charge in [0.25, 0.3) is 0 Å². The minimum absolute atomic E-state index is 0.173. The molecule has 2 N–H and O–H groups in total. The van der Waals surface area contributed by atoms with Crippen LogP contribution in [0.1, 0.15) is 11.3 Å². The first-order chi connectivity index (χ1) is 8.13. The molecule has 0 saturated heterocycles. The Labute approximate surface area is 103 Å². The van der Waals surface area contributed by atoms with E-state index < -0.39 is 0 Å². The highest BCUT2D eigenvalue weighted by Crippen LogP contribution is 2.11. The molecule has 0 unspecified atom stereocenters. The molecule has 0 fully saturated rings. The third-order valence-electron chi connectivity index (χ3n) is 2.35. The van der Waals surface area contributed by atoms with Crippen molar-refractivity contribution in [2.45, 2.75) is 12.8 Å². The van der Waals surface area contributed by atoms with E-state index >= 15 is 0 Å². The summed E-state index contributed by atoms with van der Waals surface area (Å²) in [6.45, 7) is 0. The van der Waals surface area contributed by atoms with Crippen molar-refractivity contribution in [2.75, 3.05) is 5.73 Å². The molecule has 0 saturated carbocycles. The number of hydrogen-bond donors (Lipinski definition) is 1. The minimum Gasteiger partial charge on any atom is -0.368 e. The van der Waals surface area contributed by atoms with Crippen LogP contribution in [-0.2, 0) is 12.8 Å². The Morgan fingerprint density at radius 3 is 2.47 bits per heavy atom. The largest absolute Gasteiger partial charge is 0.368 e. The lowest BCUT2D eigenvalue weighted by Crippen LogP contribution is -2.01. The number of nitrogens with zero attached hydrogens (tertiary/aromatic N) is 2. The molecule has 3 nitrogen and oxygen atoms in total. The van der Waals surface area contributed by atoms with Crippen molar-refractivity contribution in [2.24, 2.45) is 0 Å². The molecule has 0 amide bonds. The fourth-order valence-corrected chi connectivity index (χ4v) is 1.75. The standard InChI is InChI=1S/C12H11ClFN3/c13-11-7-10(16-12(15)17-11)6-3-8-1-4-9(14)5-2-8/h1-2,4-5,7H,3,6H2,(H2,15,16,17). The van der Waals surface area contributed by atoms with Crippen molar-refractivity contribution in [3.05, 3.63) is 52.6 Å². The molecule has 0 bridgehead atoms. The number of nitrogen functional groups attached to an aromatic ring is 1. The zero-order chi connectivity index (χ0) is 12.3. The van der Waals surface area contributed by atoms with Crippen molar-refractivity contribution in [1.29, 1.82) is 0 Å². The maximum Gasteiger partial charge on any atom is 0.221 e. The molecule has 1 aromatic carbocycles. The molecule has 0 aliphatic heterocycles. The third-order valence-corrected chi connectivity index (χ3v) is 2.54. The lowest BCUT2D eigenvalue weighted by atomic mass is 10.1. The van der Waals surface area contributed by atoms with Crippen molar-refractivity contribution in [3.63, 3.8) is 0 Å². The molecular formula is C12H11ClFN3. The lowest BCUT2D eigenvalue weighted by Gasteiger charge is -2.03. The zero-order valence-corrected chi connectivity index (χ0v) is 9.78. The summed E-state index contributed by atoms with van der Waals surface area (Å²) in [5, 5.41) is 0.339. The Hall–Kier alpha value is -1.68. The molecule has 0 aliphatic rings. The summed E-state index contributed by atoms with van der Waals surface area (Å²) in [6, 6.07) is 8.07. The van der Waals surface area contributed by atoms with E-state index in [-0.39, 0.29) is 11.8 Å². The summed E-state index contributed by atoms with van der Waals surface area (Å²) in [6.07, 6.45) is 1.45. The summed E-state index contributed by atoms with van der Waals surface area (Å²) < 4.78 is 12.7. The van der Waals surface area contributed by atoms with Gasteiger partial charge >= 0.3 is 0 Å². The van der Waals surface area contributed by atoms with Gasteiger partial charge in [-0.1, -0.05) is 23.7 Å². The molecular weight excluding hydrogens is 241 g/mol. The second-order valence-electron chi connectivity index (χ2n) is 3.67. The first-order valence-corrected chi connectivity index (χ1v) is 5.54. The van der Waals surface area contributed by atoms with Gasteiger partial charge in [0.2, 0.25) is 5.95 Å². The highest BCUT2D eigenvalue weighted by molar-refractivity contribution is 6.29. The maximum atomic E-state index is 12.7. The summed E-state index contributed by atoms with van der Waals surface area (Å²) >= 11 is 5.77. The number of aryl methyl sites for hydroxylation is 2. The smallest absolute Gasteiger partial charge is 0.221 e. The Bertz CT molecular complexity index is 493. The number of aromatic nitrogens is 2. The first-order valence-electron chi connectivity index (χ1n) is 5.17. The van der Waals surface area contributed by atoms with Gasteiger partial charge < -0.3 is 5.73 Å². The topological polar surface area (TPSA) is 51.8 Å². The molecule has 1 aromatic heterocycles. The summed E-state index contributed by atoms with van der Waals surface area (Å²) in [4.78, 5) is 7.86. The van der Waals surface area contributed by atoms with Gasteiger partial charge in [-0.2, -0.15) is 0 Å². The van der Waals surface area contributed by atoms with Gasteiger partial charge in [0, 0.05) is 5.69 Å². The van der Waals surface area contributed by atoms with Gasteiger partial charge in [-0.25, -0.2) is 14.4 Å². The molecule has 2 aromatic rings. The van der Waals surface area contributed by atoms with Crippen molar-refractivity contribution >= 4 is 17.5 Å². The Kier molecular flexibility index (Phi) is 3.54. The third kappa shape index (κ3) is 3.39. The van der Waals surface area contributed by atoms with Gasteiger partial charge in [-0.15, -0.1) is 0 Å². The maximum absolute atomic E-state index is 12.7. The predicted octanol–water partition coefficient (Wildman–Crippen LogP) is 2.64. The zero-order valence-electron chi connectivity index (χ0n) is 9.03. The first kappa shape index (κ1) is 11.8. The molecule has 1 heterocycles. The van der Waals surface area contributed by atoms with Crippen LogP contribution in [0.2, 0.25) is 5.15 Å². The van der Waals surface area contributed by atoms with E-state index in [9.17, 15) is 4.39 Å². The molecule has 0 aliphatic carbocycles. The Balaban J connectivity index is 2.04. The van der Waals surface area contributed by atoms with Crippen LogP contribution in [-0.4, -0.2) is 9.97 Å². The Morgan fingerprint density at radius 1 is 1.12 bits per heavy atom. The molecule has 88 valence electrons. The van der Waals surface area contributed by atoms with Crippen LogP contribution in [0.15, 0.2) is 30.3 Å². The van der Waals surface area contributed by atoms with Gasteiger partial charge in [0.05, 0.1) is 0 Å². The summed E-state index contributed by atoms with van der Waals surface area (Å²) in [7, 11) is 0.